The first kappa shape index (κ1) is 11.1. The Hall–Kier alpha value is -1.91. The van der Waals surface area contributed by atoms with Crippen molar-refractivity contribution in [2.24, 2.45) is 0 Å². The van der Waals surface area contributed by atoms with Crippen LogP contribution in [-0.4, -0.2) is 10.7 Å². The molecule has 0 saturated heterocycles. The van der Waals surface area contributed by atoms with Gasteiger partial charge < -0.3 is 4.42 Å². The van der Waals surface area contributed by atoms with E-state index in [1.807, 2.05) is 0 Å². The molecule has 0 fully saturated rings. The topological polar surface area (TPSA) is 73.3 Å². The van der Waals surface area contributed by atoms with E-state index in [2.05, 4.69) is 11.0 Å². The SMILES string of the molecule is C=CC(C)=O.O=[N+]([O-])c1ccco1. The number of rotatable bonds is 2. The van der Waals surface area contributed by atoms with Crippen molar-refractivity contribution in [3.05, 3.63) is 41.2 Å². The Bertz CT molecular complexity index is 289. The van der Waals surface area contributed by atoms with Gasteiger partial charge in [-0.15, -0.1) is 0 Å². The van der Waals surface area contributed by atoms with E-state index in [9.17, 15) is 14.9 Å². The number of carbonyl (C=O) groups excluding carboxylic acids is 1. The highest BCUT2D eigenvalue weighted by molar-refractivity contribution is 5.86. The van der Waals surface area contributed by atoms with Crippen LogP contribution in [0.1, 0.15) is 6.92 Å². The van der Waals surface area contributed by atoms with Crippen molar-refractivity contribution in [2.45, 2.75) is 6.92 Å². The van der Waals surface area contributed by atoms with Crippen LogP contribution in [0.3, 0.4) is 0 Å². The first-order valence-electron chi connectivity index (χ1n) is 3.38. The molecular weight excluding hydrogens is 174 g/mol. The molecule has 0 unspecified atom stereocenters. The highest BCUT2D eigenvalue weighted by Gasteiger charge is 2.04. The summed E-state index contributed by atoms with van der Waals surface area (Å²) in [6.45, 7) is 4.68. The lowest BCUT2D eigenvalue weighted by atomic mass is 10.5. The molecule has 0 spiro atoms. The van der Waals surface area contributed by atoms with Crippen molar-refractivity contribution in [3.63, 3.8) is 0 Å². The Morgan fingerprint density at radius 3 is 2.46 bits per heavy atom. The molecule has 70 valence electrons. The van der Waals surface area contributed by atoms with Crippen LogP contribution in [0.4, 0.5) is 5.88 Å². The second kappa shape index (κ2) is 5.70. The van der Waals surface area contributed by atoms with Crippen LogP contribution in [0.25, 0.3) is 0 Å². The minimum Gasteiger partial charge on any atom is -0.409 e. The van der Waals surface area contributed by atoms with Gasteiger partial charge in [0.25, 0.3) is 0 Å². The first-order chi connectivity index (χ1) is 6.07. The van der Waals surface area contributed by atoms with Gasteiger partial charge in [-0.2, -0.15) is 0 Å². The summed E-state index contributed by atoms with van der Waals surface area (Å²) in [6.07, 6.45) is 2.54. The lowest BCUT2D eigenvalue weighted by molar-refractivity contribution is -0.402. The van der Waals surface area contributed by atoms with Gasteiger partial charge in [-0.1, -0.05) is 6.58 Å². The fourth-order valence-electron chi connectivity index (χ4n) is 0.374. The molecule has 5 nitrogen and oxygen atoms in total. The van der Waals surface area contributed by atoms with Crippen molar-refractivity contribution in [2.75, 3.05) is 0 Å². The predicted octanol–water partition coefficient (Wildman–Crippen LogP) is 1.95. The molecule has 0 aliphatic heterocycles. The van der Waals surface area contributed by atoms with E-state index >= 15 is 0 Å². The zero-order chi connectivity index (χ0) is 10.3. The van der Waals surface area contributed by atoms with Gasteiger partial charge in [0, 0.05) is 0 Å². The Morgan fingerprint density at radius 1 is 1.77 bits per heavy atom. The average molecular weight is 183 g/mol. The zero-order valence-corrected chi connectivity index (χ0v) is 7.10. The van der Waals surface area contributed by atoms with E-state index < -0.39 is 4.92 Å². The number of nitro groups is 1. The lowest BCUT2D eigenvalue weighted by Gasteiger charge is -1.76. The zero-order valence-electron chi connectivity index (χ0n) is 7.10. The normalized spacial score (nSPS) is 8.08. The molecule has 0 bridgehead atoms. The molecule has 1 rings (SSSR count). The minimum absolute atomic E-state index is 0.0185. The molecule has 0 aliphatic rings. The highest BCUT2D eigenvalue weighted by atomic mass is 16.6. The molecule has 0 atom stereocenters. The minimum atomic E-state index is -0.583. The van der Waals surface area contributed by atoms with Crippen LogP contribution < -0.4 is 0 Å². The van der Waals surface area contributed by atoms with Gasteiger partial charge in [-0.3, -0.25) is 14.9 Å². The summed E-state index contributed by atoms with van der Waals surface area (Å²) in [5, 5.41) is 9.77. The van der Waals surface area contributed by atoms with Crippen LogP contribution in [0.15, 0.2) is 35.5 Å². The molecule has 0 aromatic carbocycles. The van der Waals surface area contributed by atoms with Crippen molar-refractivity contribution in [1.29, 1.82) is 0 Å². The van der Waals surface area contributed by atoms with E-state index in [0.717, 1.165) is 0 Å². The van der Waals surface area contributed by atoms with Gasteiger partial charge in [0.15, 0.2) is 5.78 Å². The largest absolute Gasteiger partial charge is 0.432 e. The van der Waals surface area contributed by atoms with E-state index in [-0.39, 0.29) is 11.7 Å². The van der Waals surface area contributed by atoms with Crippen LogP contribution in [0, 0.1) is 10.1 Å². The van der Waals surface area contributed by atoms with Gasteiger partial charge in [-0.05, 0) is 19.1 Å². The van der Waals surface area contributed by atoms with Gasteiger partial charge in [0.2, 0.25) is 0 Å². The molecule has 0 saturated carbocycles. The summed E-state index contributed by atoms with van der Waals surface area (Å²) in [5.74, 6) is -0.199. The monoisotopic (exact) mass is 183 g/mol. The summed E-state index contributed by atoms with van der Waals surface area (Å²) < 4.78 is 4.40. The maximum atomic E-state index is 9.77. The van der Waals surface area contributed by atoms with Crippen LogP contribution in [0.2, 0.25) is 0 Å². The molecule has 13 heavy (non-hydrogen) atoms. The van der Waals surface area contributed by atoms with Gasteiger partial charge in [0.1, 0.15) is 4.92 Å². The van der Waals surface area contributed by atoms with Crippen LogP contribution in [0.5, 0.6) is 0 Å². The maximum absolute atomic E-state index is 9.77. The molecule has 0 amide bonds. The summed E-state index contributed by atoms with van der Waals surface area (Å²) in [4.78, 5) is 18.9. The molecule has 1 heterocycles. The highest BCUT2D eigenvalue weighted by Crippen LogP contribution is 2.08. The van der Waals surface area contributed by atoms with E-state index in [4.69, 9.17) is 0 Å². The van der Waals surface area contributed by atoms with Gasteiger partial charge in [-0.25, -0.2) is 0 Å². The van der Waals surface area contributed by atoms with E-state index in [1.54, 1.807) is 0 Å². The second-order valence-electron chi connectivity index (χ2n) is 2.02. The number of allylic oxidation sites excluding steroid dienone is 1. The summed E-state index contributed by atoms with van der Waals surface area (Å²) in [7, 11) is 0. The Kier molecular flexibility index (Phi) is 4.87. The number of ketones is 1. The van der Waals surface area contributed by atoms with Crippen molar-refractivity contribution in [1.82, 2.24) is 0 Å². The summed E-state index contributed by atoms with van der Waals surface area (Å²) in [5.41, 5.74) is 0. The van der Waals surface area contributed by atoms with Crippen molar-refractivity contribution < 1.29 is 14.1 Å². The second-order valence-corrected chi connectivity index (χ2v) is 2.02. The third kappa shape index (κ3) is 5.37. The van der Waals surface area contributed by atoms with Crippen molar-refractivity contribution in [3.8, 4) is 0 Å². The lowest BCUT2D eigenvalue weighted by Crippen LogP contribution is -1.81. The van der Waals surface area contributed by atoms with Gasteiger partial charge in [0.05, 0.1) is 12.3 Å². The van der Waals surface area contributed by atoms with Crippen LogP contribution in [-0.2, 0) is 4.79 Å². The molecule has 0 radical (unpaired) electrons. The van der Waals surface area contributed by atoms with E-state index in [0.29, 0.717) is 0 Å². The third-order valence-electron chi connectivity index (χ3n) is 0.974. The Balaban J connectivity index is 0.000000252. The Labute approximate surface area is 74.8 Å². The molecule has 1 aromatic heterocycles. The maximum Gasteiger partial charge on any atom is 0.432 e. The number of furan rings is 1. The van der Waals surface area contributed by atoms with Crippen molar-refractivity contribution >= 4 is 11.7 Å². The van der Waals surface area contributed by atoms with E-state index in [1.165, 1.54) is 31.4 Å². The third-order valence-corrected chi connectivity index (χ3v) is 0.974. The quantitative estimate of drug-likeness (QED) is 0.399. The molecule has 0 aliphatic carbocycles. The number of nitrogens with zero attached hydrogens (tertiary/aromatic N) is 1. The number of hydrogen-bond acceptors (Lipinski definition) is 4. The fraction of sp³-hybridized carbons (Fsp3) is 0.125. The first-order valence-corrected chi connectivity index (χ1v) is 3.38. The van der Waals surface area contributed by atoms with Gasteiger partial charge >= 0.3 is 5.88 Å². The summed E-state index contributed by atoms with van der Waals surface area (Å²) >= 11 is 0. The molecule has 5 heteroatoms. The average Bonchev–Trinajstić information content (AvgIpc) is 2.57. The molecule has 0 N–H and O–H groups in total. The smallest absolute Gasteiger partial charge is 0.409 e. The predicted molar refractivity (Wildman–Crippen MR) is 46.2 cm³/mol. The Morgan fingerprint density at radius 2 is 2.31 bits per heavy atom. The summed E-state index contributed by atoms with van der Waals surface area (Å²) in [6, 6.07) is 2.76. The number of carbonyl (C=O) groups is 1. The standard InChI is InChI=1S/C4H3NO3.C4H6O/c6-5(7)4-2-1-3-8-4;1-3-4(2)5/h1-3H;3H,1H2,2H3. The molecule has 1 aromatic rings. The fourth-order valence-corrected chi connectivity index (χ4v) is 0.374. The number of hydrogen-bond donors (Lipinski definition) is 0. The van der Waals surface area contributed by atoms with Crippen LogP contribution >= 0.6 is 0 Å². The molecular formula is C8H9NO4.